The molecule has 0 aliphatic carbocycles. The van der Waals surface area contributed by atoms with Crippen LogP contribution in [0.15, 0.2) is 52.2 Å². The van der Waals surface area contributed by atoms with E-state index in [-0.39, 0.29) is 0 Å². The average molecular weight is 245 g/mol. The molecule has 1 N–H and O–H groups in total. The Hall–Kier alpha value is -1.48. The monoisotopic (exact) mass is 245 g/mol. The number of aryl methyl sites for hydroxylation is 2. The molecular formula is C14H15NOS. The molecule has 0 unspecified atom stereocenters. The van der Waals surface area contributed by atoms with Crippen molar-refractivity contribution in [2.45, 2.75) is 17.9 Å². The molecule has 2 aromatic rings. The molecule has 0 bridgehead atoms. The second-order valence-corrected chi connectivity index (χ2v) is 4.64. The van der Waals surface area contributed by atoms with E-state index in [1.165, 1.54) is 17.3 Å². The average Bonchev–Trinajstić information content (AvgIpc) is 2.38. The largest absolute Gasteiger partial charge is 0.458 e. The van der Waals surface area contributed by atoms with Gasteiger partial charge in [0.05, 0.1) is 11.6 Å². The number of hydrogen-bond donors (Lipinski definition) is 1. The number of nitrogens with one attached hydrogen (secondary N) is 1. The second kappa shape index (κ2) is 5.73. The van der Waals surface area contributed by atoms with Gasteiger partial charge in [-0.25, -0.2) is 0 Å². The summed E-state index contributed by atoms with van der Waals surface area (Å²) < 4.78 is 5.42. The summed E-state index contributed by atoms with van der Waals surface area (Å²) in [5.74, 6) is 0. The van der Waals surface area contributed by atoms with Crippen LogP contribution in [0.25, 0.3) is 0 Å². The highest BCUT2D eigenvalue weighted by Crippen LogP contribution is 2.12. The van der Waals surface area contributed by atoms with Gasteiger partial charge in [-0.05, 0) is 24.7 Å². The lowest BCUT2D eigenvalue weighted by atomic mass is 10.1. The Balaban J connectivity index is 2.07. The maximum atomic E-state index is 7.91. The van der Waals surface area contributed by atoms with Crippen LogP contribution in [0.4, 0.5) is 0 Å². The third-order valence-electron chi connectivity index (χ3n) is 2.65. The Bertz CT molecular complexity index is 533. The van der Waals surface area contributed by atoms with Crippen LogP contribution in [0.3, 0.4) is 0 Å². The van der Waals surface area contributed by atoms with E-state index in [9.17, 15) is 0 Å². The van der Waals surface area contributed by atoms with Crippen molar-refractivity contribution in [2.24, 2.45) is 0 Å². The van der Waals surface area contributed by atoms with E-state index in [0.717, 1.165) is 23.5 Å². The van der Waals surface area contributed by atoms with Gasteiger partial charge < -0.3 is 9.83 Å². The van der Waals surface area contributed by atoms with Crippen LogP contribution in [0.2, 0.25) is 0 Å². The molecule has 0 saturated carbocycles. The lowest BCUT2D eigenvalue weighted by Crippen LogP contribution is -2.08. The van der Waals surface area contributed by atoms with Gasteiger partial charge in [0.2, 0.25) is 0 Å². The topological polar surface area (TPSA) is 37.0 Å². The molecule has 2 nitrogen and oxygen atoms in total. The number of thioether (sulfide) groups is 1. The summed E-state index contributed by atoms with van der Waals surface area (Å²) in [5.41, 5.74) is 2.26. The summed E-state index contributed by atoms with van der Waals surface area (Å²) in [6.45, 7) is 0. The zero-order valence-corrected chi connectivity index (χ0v) is 10.6. The Morgan fingerprint density at radius 3 is 2.59 bits per heavy atom. The molecule has 0 fully saturated rings. The summed E-state index contributed by atoms with van der Waals surface area (Å²) in [4.78, 5) is 0. The molecule has 3 heteroatoms. The van der Waals surface area contributed by atoms with E-state index in [4.69, 9.17) is 9.83 Å². The highest BCUT2D eigenvalue weighted by molar-refractivity contribution is 7.98. The van der Waals surface area contributed by atoms with Crippen LogP contribution in [-0.2, 0) is 12.8 Å². The van der Waals surface area contributed by atoms with Crippen molar-refractivity contribution in [2.75, 3.05) is 6.26 Å². The molecule has 0 atom stereocenters. The lowest BCUT2D eigenvalue weighted by Gasteiger charge is -2.03. The van der Waals surface area contributed by atoms with Crippen LogP contribution in [-0.4, -0.2) is 6.26 Å². The molecule has 1 aromatic carbocycles. The SMILES string of the molecule is CSc1cc(=N)c(CCc2ccccc2)co1. The van der Waals surface area contributed by atoms with E-state index in [1.54, 1.807) is 12.3 Å². The minimum Gasteiger partial charge on any atom is -0.458 e. The molecule has 1 aromatic heterocycles. The molecule has 0 aliphatic heterocycles. The first-order valence-electron chi connectivity index (χ1n) is 5.54. The predicted molar refractivity (Wildman–Crippen MR) is 70.2 cm³/mol. The summed E-state index contributed by atoms with van der Waals surface area (Å²) in [6, 6.07) is 12.1. The fourth-order valence-corrected chi connectivity index (χ4v) is 2.04. The first-order chi connectivity index (χ1) is 8.29. The molecule has 0 amide bonds. The van der Waals surface area contributed by atoms with Crippen LogP contribution < -0.4 is 5.36 Å². The van der Waals surface area contributed by atoms with Crippen molar-refractivity contribution in [3.63, 3.8) is 0 Å². The minimum absolute atomic E-state index is 0.566. The highest BCUT2D eigenvalue weighted by Gasteiger charge is 2.01. The van der Waals surface area contributed by atoms with Gasteiger partial charge in [0.1, 0.15) is 0 Å². The number of hydrogen-bond acceptors (Lipinski definition) is 3. The minimum atomic E-state index is 0.566. The molecule has 2 rings (SSSR count). The van der Waals surface area contributed by atoms with Gasteiger partial charge >= 0.3 is 0 Å². The molecule has 0 radical (unpaired) electrons. The van der Waals surface area contributed by atoms with Crippen molar-refractivity contribution in [1.29, 1.82) is 5.41 Å². The normalized spacial score (nSPS) is 10.4. The van der Waals surface area contributed by atoms with Crippen LogP contribution in [0.5, 0.6) is 0 Å². The molecule has 0 aliphatic rings. The van der Waals surface area contributed by atoms with Crippen molar-refractivity contribution in [3.8, 4) is 0 Å². The Morgan fingerprint density at radius 2 is 1.94 bits per heavy atom. The van der Waals surface area contributed by atoms with Gasteiger partial charge in [0.25, 0.3) is 0 Å². The maximum Gasteiger partial charge on any atom is 0.161 e. The molecular weight excluding hydrogens is 230 g/mol. The zero-order chi connectivity index (χ0) is 12.1. The van der Waals surface area contributed by atoms with Crippen LogP contribution in [0.1, 0.15) is 11.1 Å². The van der Waals surface area contributed by atoms with Gasteiger partial charge in [-0.3, -0.25) is 0 Å². The maximum absolute atomic E-state index is 7.91. The van der Waals surface area contributed by atoms with Gasteiger partial charge in [-0.2, -0.15) is 0 Å². The smallest absolute Gasteiger partial charge is 0.161 e. The first-order valence-corrected chi connectivity index (χ1v) is 6.76. The van der Waals surface area contributed by atoms with Gasteiger partial charge in [-0.15, -0.1) is 0 Å². The summed E-state index contributed by atoms with van der Waals surface area (Å²) in [7, 11) is 0. The van der Waals surface area contributed by atoms with Gasteiger partial charge in [0.15, 0.2) is 5.09 Å². The summed E-state index contributed by atoms with van der Waals surface area (Å²) >= 11 is 1.52. The highest BCUT2D eigenvalue weighted by atomic mass is 32.2. The fraction of sp³-hybridized carbons (Fsp3) is 0.214. The number of rotatable bonds is 4. The predicted octanol–water partition coefficient (Wildman–Crippen LogP) is 3.27. The zero-order valence-electron chi connectivity index (χ0n) is 9.77. The number of benzene rings is 1. The Morgan fingerprint density at radius 1 is 1.18 bits per heavy atom. The van der Waals surface area contributed by atoms with Crippen LogP contribution in [0, 0.1) is 5.41 Å². The quantitative estimate of drug-likeness (QED) is 0.839. The van der Waals surface area contributed by atoms with E-state index in [1.807, 2.05) is 24.5 Å². The summed E-state index contributed by atoms with van der Waals surface area (Å²) in [5, 5.41) is 9.26. The lowest BCUT2D eigenvalue weighted by molar-refractivity contribution is 0.446. The third-order valence-corrected chi connectivity index (χ3v) is 3.27. The van der Waals surface area contributed by atoms with E-state index in [2.05, 4.69) is 12.1 Å². The third kappa shape index (κ3) is 3.24. The Labute approximate surface area is 105 Å². The van der Waals surface area contributed by atoms with Gasteiger partial charge in [-0.1, -0.05) is 42.1 Å². The van der Waals surface area contributed by atoms with Gasteiger partial charge in [0, 0.05) is 11.6 Å². The first kappa shape index (κ1) is 12.0. The fourth-order valence-electron chi connectivity index (χ4n) is 1.66. The summed E-state index contributed by atoms with van der Waals surface area (Å²) in [6.07, 6.45) is 5.45. The van der Waals surface area contributed by atoms with E-state index in [0.29, 0.717) is 5.36 Å². The van der Waals surface area contributed by atoms with Crippen molar-refractivity contribution in [1.82, 2.24) is 0 Å². The van der Waals surface area contributed by atoms with Crippen LogP contribution >= 0.6 is 11.8 Å². The Kier molecular flexibility index (Phi) is 4.04. The van der Waals surface area contributed by atoms with Crippen molar-refractivity contribution >= 4 is 11.8 Å². The van der Waals surface area contributed by atoms with E-state index >= 15 is 0 Å². The molecule has 0 spiro atoms. The standard InChI is InChI=1S/C14H15NOS/c1-17-14-9-13(15)12(10-16-14)8-7-11-5-3-2-4-6-11/h2-6,9-10,15H,7-8H2,1H3. The van der Waals surface area contributed by atoms with E-state index < -0.39 is 0 Å². The molecule has 0 saturated heterocycles. The molecule has 88 valence electrons. The van der Waals surface area contributed by atoms with Crippen molar-refractivity contribution < 1.29 is 4.42 Å². The molecule has 1 heterocycles. The van der Waals surface area contributed by atoms with Crippen molar-refractivity contribution in [3.05, 3.63) is 59.1 Å². The second-order valence-electron chi connectivity index (χ2n) is 3.83. The molecule has 17 heavy (non-hydrogen) atoms.